The maximum Gasteiger partial charge on any atom is 0.0801 e. The average molecular weight is 225 g/mol. The van der Waals surface area contributed by atoms with Gasteiger partial charge in [0.05, 0.1) is 6.10 Å². The minimum Gasteiger partial charge on any atom is -0.388 e. The molecule has 0 radical (unpaired) electrons. The van der Waals surface area contributed by atoms with E-state index in [0.717, 1.165) is 38.8 Å². The zero-order valence-corrected chi connectivity index (χ0v) is 10.1. The van der Waals surface area contributed by atoms with Gasteiger partial charge in [0.15, 0.2) is 0 Å². The number of nitrogens with one attached hydrogen (secondary N) is 1. The summed E-state index contributed by atoms with van der Waals surface area (Å²) < 4.78 is 0. The van der Waals surface area contributed by atoms with Crippen LogP contribution in [0.15, 0.2) is 6.07 Å². The summed E-state index contributed by atoms with van der Waals surface area (Å²) in [5.74, 6) is 0. The molecule has 0 saturated heterocycles. The molecule has 0 saturated carbocycles. The van der Waals surface area contributed by atoms with E-state index in [9.17, 15) is 5.11 Å². The summed E-state index contributed by atoms with van der Waals surface area (Å²) in [5, 5.41) is 13.2. The topological polar surface area (TPSA) is 32.3 Å². The van der Waals surface area contributed by atoms with Gasteiger partial charge in [-0.05, 0) is 50.4 Å². The molecule has 0 bridgehead atoms. The Morgan fingerprint density at radius 1 is 1.60 bits per heavy atom. The molecular weight excluding hydrogens is 206 g/mol. The van der Waals surface area contributed by atoms with Gasteiger partial charge in [-0.2, -0.15) is 0 Å². The molecule has 0 aromatic carbocycles. The number of thiophene rings is 1. The molecule has 1 aliphatic rings. The Morgan fingerprint density at radius 3 is 3.20 bits per heavy atom. The van der Waals surface area contributed by atoms with Crippen LogP contribution in [-0.2, 0) is 12.8 Å². The molecule has 2 N–H and O–H groups in total. The first-order valence-electron chi connectivity index (χ1n) is 5.81. The van der Waals surface area contributed by atoms with Crippen LogP contribution >= 0.6 is 11.3 Å². The summed E-state index contributed by atoms with van der Waals surface area (Å²) in [4.78, 5) is 2.84. The predicted octanol–water partition coefficient (Wildman–Crippen LogP) is 2.27. The van der Waals surface area contributed by atoms with Gasteiger partial charge in [-0.15, -0.1) is 11.3 Å². The molecule has 1 aliphatic carbocycles. The normalized spacial score (nSPS) is 20.3. The van der Waals surface area contributed by atoms with Crippen LogP contribution in [0.1, 0.15) is 41.2 Å². The highest BCUT2D eigenvalue weighted by Crippen LogP contribution is 2.35. The van der Waals surface area contributed by atoms with E-state index in [1.54, 1.807) is 0 Å². The van der Waals surface area contributed by atoms with Crippen molar-refractivity contribution in [2.45, 2.75) is 38.7 Å². The van der Waals surface area contributed by atoms with Crippen molar-refractivity contribution >= 4 is 11.3 Å². The van der Waals surface area contributed by atoms with Crippen LogP contribution in [-0.4, -0.2) is 18.2 Å². The summed E-state index contributed by atoms with van der Waals surface area (Å²) in [6.07, 6.45) is 4.15. The second-order valence-corrected chi connectivity index (χ2v) is 5.32. The van der Waals surface area contributed by atoms with Gasteiger partial charge in [0.2, 0.25) is 0 Å². The van der Waals surface area contributed by atoms with Crippen molar-refractivity contribution in [1.29, 1.82) is 0 Å². The van der Waals surface area contributed by atoms with E-state index in [0.29, 0.717) is 0 Å². The Kier molecular flexibility index (Phi) is 3.78. The van der Waals surface area contributed by atoms with Gasteiger partial charge in [-0.1, -0.05) is 6.92 Å². The number of fused-ring (bicyclic) bond motifs is 1. The second kappa shape index (κ2) is 5.10. The Bertz CT molecular complexity index is 321. The molecule has 1 unspecified atom stereocenters. The van der Waals surface area contributed by atoms with Crippen LogP contribution in [0.3, 0.4) is 0 Å². The van der Waals surface area contributed by atoms with Crippen LogP contribution in [0.5, 0.6) is 0 Å². The Morgan fingerprint density at radius 2 is 2.47 bits per heavy atom. The maximum atomic E-state index is 9.84. The largest absolute Gasteiger partial charge is 0.388 e. The Hall–Kier alpha value is -0.380. The molecular formula is C12H19NOS. The minimum atomic E-state index is -0.196. The molecule has 0 fully saturated rings. The smallest absolute Gasteiger partial charge is 0.0801 e. The third-order valence-electron chi connectivity index (χ3n) is 2.93. The standard InChI is InChI=1S/C12H19NOS/c1-2-13-7-6-9-8-10-11(14)4-3-5-12(10)15-9/h8,11,13-14H,2-7H2,1H3. The molecule has 1 aromatic rings. The van der Waals surface area contributed by atoms with E-state index in [2.05, 4.69) is 18.3 Å². The molecule has 15 heavy (non-hydrogen) atoms. The maximum absolute atomic E-state index is 9.84. The third kappa shape index (κ3) is 2.60. The van der Waals surface area contributed by atoms with Gasteiger partial charge in [0.1, 0.15) is 0 Å². The van der Waals surface area contributed by atoms with Gasteiger partial charge < -0.3 is 10.4 Å². The molecule has 3 heteroatoms. The van der Waals surface area contributed by atoms with E-state index in [1.807, 2.05) is 11.3 Å². The molecule has 1 atom stereocenters. The van der Waals surface area contributed by atoms with Gasteiger partial charge in [0, 0.05) is 9.75 Å². The lowest BCUT2D eigenvalue weighted by Crippen LogP contribution is -2.15. The van der Waals surface area contributed by atoms with Gasteiger partial charge in [-0.25, -0.2) is 0 Å². The zero-order valence-electron chi connectivity index (χ0n) is 9.25. The van der Waals surface area contributed by atoms with Crippen molar-refractivity contribution in [3.8, 4) is 0 Å². The summed E-state index contributed by atoms with van der Waals surface area (Å²) in [7, 11) is 0. The molecule has 1 heterocycles. The second-order valence-electron chi connectivity index (χ2n) is 4.10. The lowest BCUT2D eigenvalue weighted by Gasteiger charge is -2.16. The Balaban J connectivity index is 2.01. The third-order valence-corrected chi connectivity index (χ3v) is 4.20. The van der Waals surface area contributed by atoms with Gasteiger partial charge in [0.25, 0.3) is 0 Å². The predicted molar refractivity (Wildman–Crippen MR) is 64.5 cm³/mol. The zero-order chi connectivity index (χ0) is 10.7. The van der Waals surface area contributed by atoms with Crippen LogP contribution in [0, 0.1) is 0 Å². The van der Waals surface area contributed by atoms with Gasteiger partial charge in [-0.3, -0.25) is 0 Å². The van der Waals surface area contributed by atoms with E-state index in [4.69, 9.17) is 0 Å². The highest BCUT2D eigenvalue weighted by atomic mass is 32.1. The molecule has 2 nitrogen and oxygen atoms in total. The highest BCUT2D eigenvalue weighted by molar-refractivity contribution is 7.12. The first-order chi connectivity index (χ1) is 7.31. The van der Waals surface area contributed by atoms with E-state index >= 15 is 0 Å². The molecule has 84 valence electrons. The van der Waals surface area contributed by atoms with Crippen molar-refractivity contribution < 1.29 is 5.11 Å². The van der Waals surface area contributed by atoms with Crippen molar-refractivity contribution in [3.63, 3.8) is 0 Å². The average Bonchev–Trinajstić information content (AvgIpc) is 2.63. The number of aryl methyl sites for hydroxylation is 1. The first kappa shape index (κ1) is 11.1. The van der Waals surface area contributed by atoms with E-state index in [-0.39, 0.29) is 6.10 Å². The first-order valence-corrected chi connectivity index (χ1v) is 6.63. The highest BCUT2D eigenvalue weighted by Gasteiger charge is 2.20. The van der Waals surface area contributed by atoms with Crippen molar-refractivity contribution in [1.82, 2.24) is 5.32 Å². The van der Waals surface area contributed by atoms with Crippen LogP contribution < -0.4 is 5.32 Å². The fourth-order valence-corrected chi connectivity index (χ4v) is 3.37. The van der Waals surface area contributed by atoms with E-state index in [1.165, 1.54) is 15.3 Å². The molecule has 0 amide bonds. The van der Waals surface area contributed by atoms with Crippen LogP contribution in [0.4, 0.5) is 0 Å². The fourth-order valence-electron chi connectivity index (χ4n) is 2.10. The Labute approximate surface area is 95.3 Å². The summed E-state index contributed by atoms with van der Waals surface area (Å²) in [5.41, 5.74) is 1.21. The number of aliphatic hydroxyl groups is 1. The molecule has 0 spiro atoms. The molecule has 0 aliphatic heterocycles. The lowest BCUT2D eigenvalue weighted by molar-refractivity contribution is 0.157. The lowest BCUT2D eigenvalue weighted by atomic mass is 9.96. The molecule has 1 aromatic heterocycles. The van der Waals surface area contributed by atoms with E-state index < -0.39 is 0 Å². The SMILES string of the molecule is CCNCCc1cc2c(s1)CCCC2O. The van der Waals surface area contributed by atoms with Gasteiger partial charge >= 0.3 is 0 Å². The number of likely N-dealkylation sites (N-methyl/N-ethyl adjacent to an activating group) is 1. The number of rotatable bonds is 4. The number of hydrogen-bond donors (Lipinski definition) is 2. The van der Waals surface area contributed by atoms with Crippen molar-refractivity contribution in [3.05, 3.63) is 21.4 Å². The number of aliphatic hydroxyl groups excluding tert-OH is 1. The minimum absolute atomic E-state index is 0.196. The summed E-state index contributed by atoms with van der Waals surface area (Å²) >= 11 is 1.89. The van der Waals surface area contributed by atoms with Crippen molar-refractivity contribution in [2.24, 2.45) is 0 Å². The van der Waals surface area contributed by atoms with Crippen LogP contribution in [0.2, 0.25) is 0 Å². The summed E-state index contributed by atoms with van der Waals surface area (Å²) in [6.45, 7) is 4.21. The van der Waals surface area contributed by atoms with Crippen molar-refractivity contribution in [2.75, 3.05) is 13.1 Å². The van der Waals surface area contributed by atoms with Crippen LogP contribution in [0.25, 0.3) is 0 Å². The summed E-state index contributed by atoms with van der Waals surface area (Å²) in [6, 6.07) is 2.21. The molecule has 2 rings (SSSR count). The monoisotopic (exact) mass is 225 g/mol. The quantitative estimate of drug-likeness (QED) is 0.770. The fraction of sp³-hybridized carbons (Fsp3) is 0.667. The number of hydrogen-bond acceptors (Lipinski definition) is 3.